The van der Waals surface area contributed by atoms with Crippen LogP contribution in [0.1, 0.15) is 66.2 Å². The minimum atomic E-state index is -0.673. The van der Waals surface area contributed by atoms with Gasteiger partial charge in [-0.15, -0.1) is 0 Å². The number of pyridine rings is 1. The van der Waals surface area contributed by atoms with Crippen molar-refractivity contribution in [1.29, 1.82) is 0 Å². The summed E-state index contributed by atoms with van der Waals surface area (Å²) in [5, 5.41) is 3.27. The number of carbonyl (C=O) groups is 2. The number of nitrogens with two attached hydrogens (primary N) is 2. The van der Waals surface area contributed by atoms with Crippen molar-refractivity contribution < 1.29 is 14.3 Å². The molecule has 0 radical (unpaired) electrons. The zero-order valence-corrected chi connectivity index (χ0v) is 21.1. The summed E-state index contributed by atoms with van der Waals surface area (Å²) in [6, 6.07) is 12.9. The van der Waals surface area contributed by atoms with E-state index in [1.165, 1.54) is 38.5 Å². The maximum Gasteiger partial charge on any atom is 0.316 e. The summed E-state index contributed by atoms with van der Waals surface area (Å²) in [7, 11) is 0. The first-order chi connectivity index (χ1) is 17.9. The molecule has 4 fully saturated rings. The van der Waals surface area contributed by atoms with Gasteiger partial charge < -0.3 is 15.8 Å². The van der Waals surface area contributed by atoms with E-state index in [4.69, 9.17) is 21.2 Å². The van der Waals surface area contributed by atoms with Crippen LogP contribution in [0.2, 0.25) is 0 Å². The first-order valence-electron chi connectivity index (χ1n) is 13.4. The van der Waals surface area contributed by atoms with Crippen LogP contribution in [-0.2, 0) is 16.0 Å². The fourth-order valence-electron chi connectivity index (χ4n) is 7.69. The summed E-state index contributed by atoms with van der Waals surface area (Å²) in [5.41, 5.74) is 14.9. The Hall–Kier alpha value is -3.39. The van der Waals surface area contributed by atoms with Gasteiger partial charge in [0.05, 0.1) is 5.69 Å². The quantitative estimate of drug-likeness (QED) is 0.246. The lowest BCUT2D eigenvalue weighted by atomic mass is 9.49. The molecule has 37 heavy (non-hydrogen) atoms. The molecular formula is C29H35N5O3. The van der Waals surface area contributed by atoms with Crippen molar-refractivity contribution in [3.63, 3.8) is 0 Å². The zero-order chi connectivity index (χ0) is 25.6. The van der Waals surface area contributed by atoms with Crippen LogP contribution in [0, 0.1) is 23.2 Å². The molecule has 4 saturated carbocycles. The highest BCUT2D eigenvalue weighted by Gasteiger charge is 2.50. The molecular weight excluding hydrogens is 466 g/mol. The fraction of sp³-hybridized carbons (Fsp3) is 0.483. The van der Waals surface area contributed by atoms with Crippen LogP contribution in [0.5, 0.6) is 0 Å². The van der Waals surface area contributed by atoms with E-state index in [0.29, 0.717) is 29.1 Å². The van der Waals surface area contributed by atoms with Crippen molar-refractivity contribution in [2.75, 3.05) is 19.0 Å². The number of rotatable bonds is 8. The molecule has 4 aliphatic carbocycles. The monoisotopic (exact) mass is 501 g/mol. The number of anilines is 1. The summed E-state index contributed by atoms with van der Waals surface area (Å²) in [4.78, 5) is 31.0. The minimum Gasteiger partial charge on any atom is -0.449 e. The van der Waals surface area contributed by atoms with Gasteiger partial charge in [-0.1, -0.05) is 18.2 Å². The van der Waals surface area contributed by atoms with Gasteiger partial charge in [-0.05, 0) is 97.9 Å². The van der Waals surface area contributed by atoms with Crippen LogP contribution < -0.4 is 16.8 Å². The summed E-state index contributed by atoms with van der Waals surface area (Å²) >= 11 is 0. The van der Waals surface area contributed by atoms with Crippen LogP contribution in [0.25, 0.3) is 5.65 Å². The molecule has 1 unspecified atom stereocenters. The molecule has 0 aliphatic heterocycles. The number of nitrogen functional groups attached to an aromatic ring is 1. The molecule has 8 heteroatoms. The third kappa shape index (κ3) is 4.70. The van der Waals surface area contributed by atoms with E-state index in [2.05, 4.69) is 5.32 Å². The lowest BCUT2D eigenvalue weighted by Gasteiger charge is -2.56. The van der Waals surface area contributed by atoms with Gasteiger partial charge in [0.2, 0.25) is 0 Å². The predicted molar refractivity (Wildman–Crippen MR) is 141 cm³/mol. The average Bonchev–Trinajstić information content (AvgIpc) is 3.29. The number of carbonyl (C=O) groups excluding carboxylic acids is 2. The van der Waals surface area contributed by atoms with E-state index < -0.39 is 11.9 Å². The standard InChI is InChI=1S/C29H35N5O3/c30-17-37-28(36)23(11-18-3-1-4-22(31)10-18)24-15-34-25(5-2-6-26(34)33-24)27(35)32-16-29-12-19-7-20(13-29)9-21(8-19)14-29/h1-6,10,15,19-21,23H,7-9,11-14,16-17,30-31H2,(H,32,35). The SMILES string of the molecule is NCOC(=O)C(Cc1cccc(N)c1)c1cn2c(C(=O)NCC34CC5CC(CC(C5)C3)C4)cccc2n1. The molecule has 194 valence electrons. The first-order valence-corrected chi connectivity index (χ1v) is 13.4. The lowest BCUT2D eigenvalue weighted by Crippen LogP contribution is -2.51. The number of nitrogens with one attached hydrogen (secondary N) is 1. The van der Waals surface area contributed by atoms with E-state index in [0.717, 1.165) is 29.9 Å². The van der Waals surface area contributed by atoms with Crippen LogP contribution in [0.15, 0.2) is 48.7 Å². The Balaban J connectivity index is 1.24. The molecule has 2 aromatic heterocycles. The largest absolute Gasteiger partial charge is 0.449 e. The number of fused-ring (bicyclic) bond motifs is 1. The van der Waals surface area contributed by atoms with E-state index >= 15 is 0 Å². The highest BCUT2D eigenvalue weighted by Crippen LogP contribution is 2.59. The summed E-state index contributed by atoms with van der Waals surface area (Å²) in [6.07, 6.45) is 10.0. The van der Waals surface area contributed by atoms with E-state index in [-0.39, 0.29) is 18.1 Å². The van der Waals surface area contributed by atoms with E-state index in [9.17, 15) is 9.59 Å². The Morgan fingerprint density at radius 3 is 2.46 bits per heavy atom. The van der Waals surface area contributed by atoms with Gasteiger partial charge >= 0.3 is 5.97 Å². The second-order valence-electron chi connectivity index (χ2n) is 11.5. The number of hydrogen-bond acceptors (Lipinski definition) is 6. The average molecular weight is 502 g/mol. The molecule has 1 atom stereocenters. The number of amides is 1. The van der Waals surface area contributed by atoms with Gasteiger partial charge in [-0.3, -0.25) is 19.7 Å². The molecule has 1 aromatic carbocycles. The maximum atomic E-state index is 13.4. The zero-order valence-electron chi connectivity index (χ0n) is 21.1. The smallest absolute Gasteiger partial charge is 0.316 e. The van der Waals surface area contributed by atoms with E-state index in [1.807, 2.05) is 30.3 Å². The van der Waals surface area contributed by atoms with Crippen molar-refractivity contribution in [3.05, 3.63) is 65.6 Å². The van der Waals surface area contributed by atoms with Crippen molar-refractivity contribution >= 4 is 23.2 Å². The Kier molecular flexibility index (Phi) is 6.15. The van der Waals surface area contributed by atoms with E-state index in [1.54, 1.807) is 22.7 Å². The number of esters is 1. The molecule has 8 nitrogen and oxygen atoms in total. The van der Waals surface area contributed by atoms with Gasteiger partial charge in [0.15, 0.2) is 0 Å². The summed E-state index contributed by atoms with van der Waals surface area (Å²) in [6.45, 7) is 0.520. The van der Waals surface area contributed by atoms with Crippen LogP contribution in [0.4, 0.5) is 5.69 Å². The van der Waals surface area contributed by atoms with Crippen molar-refractivity contribution in [2.45, 2.75) is 50.9 Å². The molecule has 1 amide bonds. The highest BCUT2D eigenvalue weighted by molar-refractivity contribution is 5.93. The third-order valence-electron chi connectivity index (χ3n) is 8.79. The second-order valence-corrected chi connectivity index (χ2v) is 11.5. The van der Waals surface area contributed by atoms with Gasteiger partial charge in [-0.2, -0.15) is 0 Å². The lowest BCUT2D eigenvalue weighted by molar-refractivity contribution is -0.145. The number of hydrogen-bond donors (Lipinski definition) is 3. The maximum absolute atomic E-state index is 13.4. The molecule has 4 bridgehead atoms. The van der Waals surface area contributed by atoms with Crippen LogP contribution in [0.3, 0.4) is 0 Å². The number of aromatic nitrogens is 2. The second kappa shape index (κ2) is 9.49. The normalized spacial score (nSPS) is 26.8. The van der Waals surface area contributed by atoms with Crippen molar-refractivity contribution in [3.8, 4) is 0 Å². The summed E-state index contributed by atoms with van der Waals surface area (Å²) < 4.78 is 6.94. The van der Waals surface area contributed by atoms with Crippen molar-refractivity contribution in [1.82, 2.24) is 14.7 Å². The number of imidazole rings is 1. The molecule has 4 aliphatic rings. The number of benzene rings is 1. The molecule has 7 rings (SSSR count). The van der Waals surface area contributed by atoms with Crippen LogP contribution >= 0.6 is 0 Å². The van der Waals surface area contributed by atoms with Crippen LogP contribution in [-0.4, -0.2) is 34.5 Å². The Bertz CT molecular complexity index is 1300. The molecule has 5 N–H and O–H groups in total. The summed E-state index contributed by atoms with van der Waals surface area (Å²) in [5.74, 6) is 1.28. The fourth-order valence-corrected chi connectivity index (χ4v) is 7.69. The Morgan fingerprint density at radius 1 is 1.08 bits per heavy atom. The highest BCUT2D eigenvalue weighted by atomic mass is 16.5. The number of ether oxygens (including phenoxy) is 1. The minimum absolute atomic E-state index is 0.109. The topological polar surface area (TPSA) is 125 Å². The molecule has 3 aromatic rings. The van der Waals surface area contributed by atoms with Gasteiger partial charge in [0, 0.05) is 18.4 Å². The van der Waals surface area contributed by atoms with Gasteiger partial charge in [-0.25, -0.2) is 4.98 Å². The predicted octanol–water partition coefficient (Wildman–Crippen LogP) is 3.65. The Labute approximate surface area is 216 Å². The van der Waals surface area contributed by atoms with Crippen molar-refractivity contribution in [2.24, 2.45) is 28.9 Å². The molecule has 0 spiro atoms. The third-order valence-corrected chi connectivity index (χ3v) is 8.79. The Morgan fingerprint density at radius 2 is 1.78 bits per heavy atom. The molecule has 0 saturated heterocycles. The van der Waals surface area contributed by atoms with Gasteiger partial charge in [0.25, 0.3) is 5.91 Å². The van der Waals surface area contributed by atoms with Gasteiger partial charge in [0.1, 0.15) is 24.0 Å². The number of nitrogens with zero attached hydrogens (tertiary/aromatic N) is 2. The molecule has 2 heterocycles. The first kappa shape index (κ1) is 24.0.